The average Bonchev–Trinajstić information content (AvgIpc) is 3.18. The fraction of sp³-hybridized carbons (Fsp3) is 0.0417. The second-order valence-corrected chi connectivity index (χ2v) is 7.20. The van der Waals surface area contributed by atoms with Gasteiger partial charge in [-0.2, -0.15) is 5.10 Å². The van der Waals surface area contributed by atoms with E-state index in [0.29, 0.717) is 11.7 Å². The highest BCUT2D eigenvalue weighted by Gasteiger charge is 2.19. The Bertz CT molecular complexity index is 1330. The van der Waals surface area contributed by atoms with Crippen LogP contribution < -0.4 is 5.73 Å². The van der Waals surface area contributed by atoms with Crippen molar-refractivity contribution >= 4 is 23.1 Å². The first-order valence-electron chi connectivity index (χ1n) is 9.56. The van der Waals surface area contributed by atoms with E-state index in [0.717, 1.165) is 45.0 Å². The van der Waals surface area contributed by atoms with Crippen molar-refractivity contribution in [3.63, 3.8) is 0 Å². The lowest BCUT2D eigenvalue weighted by molar-refractivity contribution is 0.949. The number of alkyl halides is 1. The maximum Gasteiger partial charge on any atom is 0.155 e. The number of hydrogen-bond donors (Lipinski definition) is 1. The summed E-state index contributed by atoms with van der Waals surface area (Å²) >= 11 is 5.98. The molecule has 0 unspecified atom stereocenters. The minimum Gasteiger partial charge on any atom is -0.383 e. The number of rotatable bonds is 4. The maximum absolute atomic E-state index is 6.19. The average molecular weight is 412 g/mol. The van der Waals surface area contributed by atoms with Gasteiger partial charge in [0.25, 0.3) is 0 Å². The van der Waals surface area contributed by atoms with E-state index in [9.17, 15) is 0 Å². The molecule has 2 aromatic carbocycles. The Hall–Kier alpha value is -3.70. The van der Waals surface area contributed by atoms with Crippen molar-refractivity contribution in [2.45, 2.75) is 5.88 Å². The zero-order valence-corrected chi connectivity index (χ0v) is 16.8. The van der Waals surface area contributed by atoms with Crippen molar-refractivity contribution in [3.05, 3.63) is 90.6 Å². The van der Waals surface area contributed by atoms with Gasteiger partial charge in [-0.25, -0.2) is 14.5 Å². The Morgan fingerprint density at radius 3 is 2.37 bits per heavy atom. The monoisotopic (exact) mass is 411 g/mol. The van der Waals surface area contributed by atoms with Gasteiger partial charge in [0.2, 0.25) is 0 Å². The molecule has 0 fully saturated rings. The zero-order chi connectivity index (χ0) is 20.5. The number of pyridine rings is 1. The minimum absolute atomic E-state index is 0.433. The Morgan fingerprint density at radius 2 is 1.63 bits per heavy atom. The molecule has 5 rings (SSSR count). The standard InChI is InChI=1S/C24H18ClN5/c25-15-16-8-10-18(11-9-16)23-22(19-7-4-14-27-24(19)26)28-21-13-12-20(29-30(21)23)17-5-2-1-3-6-17/h1-14H,15H2,(H2,26,27). The molecule has 146 valence electrons. The van der Waals surface area contributed by atoms with E-state index in [1.165, 1.54) is 0 Å². The van der Waals surface area contributed by atoms with E-state index in [2.05, 4.69) is 4.98 Å². The van der Waals surface area contributed by atoms with Crippen LogP contribution in [0.25, 0.3) is 39.4 Å². The molecule has 2 N–H and O–H groups in total. The number of nitrogens with two attached hydrogens (primary N) is 1. The van der Waals surface area contributed by atoms with Crippen molar-refractivity contribution < 1.29 is 0 Å². The summed E-state index contributed by atoms with van der Waals surface area (Å²) < 4.78 is 1.87. The molecule has 0 bridgehead atoms. The van der Waals surface area contributed by atoms with Gasteiger partial charge in [0.05, 0.1) is 5.69 Å². The van der Waals surface area contributed by atoms with Crippen LogP contribution in [0.2, 0.25) is 0 Å². The van der Waals surface area contributed by atoms with E-state index < -0.39 is 0 Å². The topological polar surface area (TPSA) is 69.1 Å². The number of aromatic nitrogens is 4. The molecule has 30 heavy (non-hydrogen) atoms. The number of nitrogen functional groups attached to an aromatic ring is 1. The van der Waals surface area contributed by atoms with Gasteiger partial charge in [-0.1, -0.05) is 54.6 Å². The first-order valence-corrected chi connectivity index (χ1v) is 10.1. The van der Waals surface area contributed by atoms with E-state index >= 15 is 0 Å². The second-order valence-electron chi connectivity index (χ2n) is 6.93. The Labute approximate surface area is 178 Å². The van der Waals surface area contributed by atoms with E-state index in [-0.39, 0.29) is 0 Å². The summed E-state index contributed by atoms with van der Waals surface area (Å²) in [6.45, 7) is 0. The van der Waals surface area contributed by atoms with Crippen LogP contribution in [-0.4, -0.2) is 19.6 Å². The number of fused-ring (bicyclic) bond motifs is 1. The molecule has 0 saturated carbocycles. The lowest BCUT2D eigenvalue weighted by Crippen LogP contribution is -1.98. The van der Waals surface area contributed by atoms with E-state index in [1.807, 2.05) is 83.4 Å². The number of benzene rings is 2. The quantitative estimate of drug-likeness (QED) is 0.399. The molecule has 5 nitrogen and oxygen atoms in total. The van der Waals surface area contributed by atoms with Crippen molar-refractivity contribution in [1.29, 1.82) is 0 Å². The van der Waals surface area contributed by atoms with Gasteiger partial charge < -0.3 is 5.73 Å². The lowest BCUT2D eigenvalue weighted by atomic mass is 10.0. The molecule has 0 saturated heterocycles. The minimum atomic E-state index is 0.433. The van der Waals surface area contributed by atoms with Gasteiger partial charge >= 0.3 is 0 Å². The van der Waals surface area contributed by atoms with Gasteiger partial charge in [0.1, 0.15) is 17.2 Å². The smallest absolute Gasteiger partial charge is 0.155 e. The van der Waals surface area contributed by atoms with Gasteiger partial charge in [0.15, 0.2) is 5.65 Å². The summed E-state index contributed by atoms with van der Waals surface area (Å²) in [6, 6.07) is 25.9. The SMILES string of the molecule is Nc1ncccc1-c1nc2ccc(-c3ccccc3)nn2c1-c1ccc(CCl)cc1. The fourth-order valence-electron chi connectivity index (χ4n) is 3.51. The largest absolute Gasteiger partial charge is 0.383 e. The van der Waals surface area contributed by atoms with Crippen molar-refractivity contribution in [1.82, 2.24) is 19.6 Å². The van der Waals surface area contributed by atoms with Crippen molar-refractivity contribution in [2.75, 3.05) is 5.73 Å². The molecule has 3 aromatic heterocycles. The molecule has 6 heteroatoms. The summed E-state index contributed by atoms with van der Waals surface area (Å²) in [7, 11) is 0. The van der Waals surface area contributed by atoms with Gasteiger partial charge in [-0.15, -0.1) is 11.6 Å². The molecular weight excluding hydrogens is 394 g/mol. The molecule has 5 aromatic rings. The van der Waals surface area contributed by atoms with E-state index in [4.69, 9.17) is 27.4 Å². The van der Waals surface area contributed by atoms with Crippen LogP contribution in [0.5, 0.6) is 0 Å². The first kappa shape index (κ1) is 18.3. The lowest BCUT2D eigenvalue weighted by Gasteiger charge is -2.08. The first-order chi connectivity index (χ1) is 14.7. The highest BCUT2D eigenvalue weighted by Crippen LogP contribution is 2.35. The summed E-state index contributed by atoms with van der Waals surface area (Å²) in [5.74, 6) is 0.898. The molecule has 0 amide bonds. The van der Waals surface area contributed by atoms with Crippen LogP contribution in [0.1, 0.15) is 5.56 Å². The summed E-state index contributed by atoms with van der Waals surface area (Å²) in [4.78, 5) is 9.10. The molecule has 3 heterocycles. The van der Waals surface area contributed by atoms with Crippen LogP contribution >= 0.6 is 11.6 Å². The molecule has 0 aliphatic rings. The van der Waals surface area contributed by atoms with Crippen LogP contribution in [0.15, 0.2) is 85.1 Å². The molecule has 0 radical (unpaired) electrons. The predicted octanol–water partition coefficient (Wildman–Crippen LogP) is 5.45. The third kappa shape index (κ3) is 3.19. The Kier molecular flexibility index (Phi) is 4.65. The van der Waals surface area contributed by atoms with Gasteiger partial charge in [-0.05, 0) is 29.8 Å². The number of nitrogens with zero attached hydrogens (tertiary/aromatic N) is 4. The molecule has 0 aliphatic carbocycles. The third-order valence-corrected chi connectivity index (χ3v) is 5.33. The zero-order valence-electron chi connectivity index (χ0n) is 16.0. The molecule has 0 atom stereocenters. The normalized spacial score (nSPS) is 11.1. The number of imidazole rings is 1. The van der Waals surface area contributed by atoms with Gasteiger partial charge in [0, 0.05) is 28.8 Å². The summed E-state index contributed by atoms with van der Waals surface area (Å²) in [6.07, 6.45) is 1.68. The number of halogens is 1. The predicted molar refractivity (Wildman–Crippen MR) is 121 cm³/mol. The van der Waals surface area contributed by atoms with E-state index in [1.54, 1.807) is 6.20 Å². The van der Waals surface area contributed by atoms with Crippen LogP contribution in [0.4, 0.5) is 5.82 Å². The Balaban J connectivity index is 1.79. The highest BCUT2D eigenvalue weighted by atomic mass is 35.5. The van der Waals surface area contributed by atoms with Crippen LogP contribution in [0, 0.1) is 0 Å². The highest BCUT2D eigenvalue weighted by molar-refractivity contribution is 6.17. The maximum atomic E-state index is 6.19. The van der Waals surface area contributed by atoms with Crippen molar-refractivity contribution in [3.8, 4) is 33.8 Å². The van der Waals surface area contributed by atoms with Gasteiger partial charge in [-0.3, -0.25) is 0 Å². The molecule has 0 spiro atoms. The van der Waals surface area contributed by atoms with Crippen molar-refractivity contribution in [2.24, 2.45) is 0 Å². The number of anilines is 1. The van der Waals surface area contributed by atoms with Crippen LogP contribution in [0.3, 0.4) is 0 Å². The number of hydrogen-bond acceptors (Lipinski definition) is 4. The van der Waals surface area contributed by atoms with Crippen LogP contribution in [-0.2, 0) is 5.88 Å². The fourth-order valence-corrected chi connectivity index (χ4v) is 3.69. The Morgan fingerprint density at radius 1 is 0.833 bits per heavy atom. The molecule has 0 aliphatic heterocycles. The third-order valence-electron chi connectivity index (χ3n) is 5.02. The summed E-state index contributed by atoms with van der Waals surface area (Å²) in [5, 5.41) is 4.91. The molecular formula is C24H18ClN5. The summed E-state index contributed by atoms with van der Waals surface area (Å²) in [5.41, 5.74) is 13.3. The second kappa shape index (κ2) is 7.61.